The molecule has 0 aliphatic heterocycles. The van der Waals surface area contributed by atoms with Gasteiger partial charge in [-0.3, -0.25) is 4.79 Å². The van der Waals surface area contributed by atoms with Gasteiger partial charge in [0.1, 0.15) is 11.5 Å². The average Bonchev–Trinajstić information content (AvgIpc) is 2.38. The van der Waals surface area contributed by atoms with Crippen LogP contribution in [-0.2, 0) is 0 Å². The van der Waals surface area contributed by atoms with E-state index < -0.39 is 5.82 Å². The zero-order valence-corrected chi connectivity index (χ0v) is 10.2. The summed E-state index contributed by atoms with van der Waals surface area (Å²) in [6, 6.07) is 2.78. The summed E-state index contributed by atoms with van der Waals surface area (Å²) in [5, 5.41) is 2.81. The number of pyridine rings is 1. The predicted octanol–water partition coefficient (Wildman–Crippen LogP) is 1.47. The maximum atomic E-state index is 12.7. The molecule has 1 aliphatic carbocycles. The molecule has 0 bridgehead atoms. The van der Waals surface area contributed by atoms with E-state index in [0.717, 1.165) is 19.0 Å². The van der Waals surface area contributed by atoms with Crippen molar-refractivity contribution in [1.82, 2.24) is 10.3 Å². The highest BCUT2D eigenvalue weighted by Crippen LogP contribution is 2.22. The van der Waals surface area contributed by atoms with Crippen molar-refractivity contribution < 1.29 is 9.18 Å². The second-order valence-electron chi connectivity index (χ2n) is 4.78. The molecule has 1 fully saturated rings. The highest BCUT2D eigenvalue weighted by molar-refractivity contribution is 5.92. The first kappa shape index (κ1) is 13.0. The lowest BCUT2D eigenvalue weighted by Gasteiger charge is -2.28. The number of hydrogen-bond donors (Lipinski definition) is 2. The molecular formula is C13H18FN3O. The smallest absolute Gasteiger partial charge is 0.269 e. The molecule has 1 aromatic heterocycles. The quantitative estimate of drug-likeness (QED) is 0.854. The van der Waals surface area contributed by atoms with Crippen LogP contribution >= 0.6 is 0 Å². The maximum absolute atomic E-state index is 12.7. The molecule has 18 heavy (non-hydrogen) atoms. The van der Waals surface area contributed by atoms with Gasteiger partial charge in [0.05, 0.1) is 6.20 Å². The summed E-state index contributed by atoms with van der Waals surface area (Å²) in [6.07, 6.45) is 5.46. The van der Waals surface area contributed by atoms with Crippen LogP contribution in [0.15, 0.2) is 18.3 Å². The highest BCUT2D eigenvalue weighted by atomic mass is 19.1. The number of rotatable bonds is 3. The number of aromatic nitrogens is 1. The number of carbonyl (C=O) groups is 1. The Morgan fingerprint density at radius 1 is 1.44 bits per heavy atom. The lowest BCUT2D eigenvalue weighted by Crippen LogP contribution is -2.41. The van der Waals surface area contributed by atoms with E-state index in [2.05, 4.69) is 10.3 Å². The number of carbonyl (C=O) groups excluding carboxylic acids is 1. The van der Waals surface area contributed by atoms with Gasteiger partial charge in [-0.1, -0.05) is 12.8 Å². The molecule has 0 aromatic carbocycles. The van der Waals surface area contributed by atoms with E-state index >= 15 is 0 Å². The van der Waals surface area contributed by atoms with Crippen LogP contribution in [0.5, 0.6) is 0 Å². The third-order valence-corrected chi connectivity index (χ3v) is 3.45. The molecule has 5 heteroatoms. The first-order chi connectivity index (χ1) is 8.66. The van der Waals surface area contributed by atoms with E-state index in [1.54, 1.807) is 0 Å². The van der Waals surface area contributed by atoms with Crippen molar-refractivity contribution in [3.8, 4) is 0 Å². The molecule has 2 rings (SSSR count). The first-order valence-electron chi connectivity index (χ1n) is 6.32. The number of amides is 1. The van der Waals surface area contributed by atoms with E-state index in [1.165, 1.54) is 25.0 Å². The Morgan fingerprint density at radius 2 is 2.22 bits per heavy atom. The molecule has 4 nitrogen and oxygen atoms in total. The number of halogens is 1. The Hall–Kier alpha value is -1.49. The van der Waals surface area contributed by atoms with Gasteiger partial charge < -0.3 is 11.1 Å². The van der Waals surface area contributed by atoms with Gasteiger partial charge in [0.15, 0.2) is 0 Å². The fourth-order valence-electron chi connectivity index (χ4n) is 2.31. The Labute approximate surface area is 106 Å². The zero-order chi connectivity index (χ0) is 13.0. The van der Waals surface area contributed by atoms with Crippen molar-refractivity contribution in [2.45, 2.75) is 31.7 Å². The van der Waals surface area contributed by atoms with Gasteiger partial charge in [-0.2, -0.15) is 0 Å². The van der Waals surface area contributed by atoms with Crippen molar-refractivity contribution in [2.24, 2.45) is 11.7 Å². The summed E-state index contributed by atoms with van der Waals surface area (Å²) in [5.41, 5.74) is 6.24. The van der Waals surface area contributed by atoms with E-state index in [1.807, 2.05) is 0 Å². The van der Waals surface area contributed by atoms with Crippen LogP contribution in [0.1, 0.15) is 36.2 Å². The molecular weight excluding hydrogens is 233 g/mol. The number of nitrogens with zero attached hydrogens (tertiary/aromatic N) is 1. The summed E-state index contributed by atoms with van der Waals surface area (Å²) in [7, 11) is 0. The normalized spacial score (nSPS) is 23.7. The van der Waals surface area contributed by atoms with Gasteiger partial charge in [0.2, 0.25) is 0 Å². The van der Waals surface area contributed by atoms with Crippen LogP contribution in [0.3, 0.4) is 0 Å². The van der Waals surface area contributed by atoms with Crippen molar-refractivity contribution >= 4 is 5.91 Å². The molecule has 1 heterocycles. The fourth-order valence-corrected chi connectivity index (χ4v) is 2.31. The van der Waals surface area contributed by atoms with Gasteiger partial charge >= 0.3 is 0 Å². The van der Waals surface area contributed by atoms with E-state index in [-0.39, 0.29) is 17.6 Å². The molecule has 1 aromatic rings. The van der Waals surface area contributed by atoms with Crippen LogP contribution in [0.25, 0.3) is 0 Å². The molecule has 1 saturated carbocycles. The molecule has 98 valence electrons. The fraction of sp³-hybridized carbons (Fsp3) is 0.538. The summed E-state index contributed by atoms with van der Waals surface area (Å²) >= 11 is 0. The third-order valence-electron chi connectivity index (χ3n) is 3.45. The number of nitrogens with one attached hydrogen (secondary N) is 1. The van der Waals surface area contributed by atoms with Crippen molar-refractivity contribution in [3.63, 3.8) is 0 Å². The first-order valence-corrected chi connectivity index (χ1v) is 6.32. The monoisotopic (exact) mass is 251 g/mol. The Balaban J connectivity index is 1.86. The molecule has 3 N–H and O–H groups in total. The molecule has 2 atom stereocenters. The second kappa shape index (κ2) is 5.91. The van der Waals surface area contributed by atoms with Crippen LogP contribution in [-0.4, -0.2) is 23.5 Å². The molecule has 1 amide bonds. The lowest BCUT2D eigenvalue weighted by molar-refractivity contribution is 0.0936. The topological polar surface area (TPSA) is 68.0 Å². The van der Waals surface area contributed by atoms with Gasteiger partial charge in [0.25, 0.3) is 5.91 Å². The second-order valence-corrected chi connectivity index (χ2v) is 4.78. The predicted molar refractivity (Wildman–Crippen MR) is 66.5 cm³/mol. The van der Waals surface area contributed by atoms with Crippen LogP contribution in [0.2, 0.25) is 0 Å². The van der Waals surface area contributed by atoms with E-state index in [9.17, 15) is 9.18 Å². The van der Waals surface area contributed by atoms with Gasteiger partial charge in [-0.25, -0.2) is 9.37 Å². The lowest BCUT2D eigenvalue weighted by atomic mass is 9.85. The summed E-state index contributed by atoms with van der Waals surface area (Å²) in [6.45, 7) is 0.569. The number of hydrogen-bond acceptors (Lipinski definition) is 3. The van der Waals surface area contributed by atoms with E-state index in [0.29, 0.717) is 12.5 Å². The minimum Gasteiger partial charge on any atom is -0.350 e. The molecule has 0 radical (unpaired) electrons. The average molecular weight is 251 g/mol. The number of nitrogens with two attached hydrogens (primary N) is 1. The molecule has 2 unspecified atom stereocenters. The standard InChI is InChI=1S/C13H18FN3O/c14-10-5-6-12(16-8-10)13(18)17-7-9-3-1-2-4-11(9)15/h5-6,8-9,11H,1-4,7,15H2,(H,17,18). The van der Waals surface area contributed by atoms with Crippen LogP contribution in [0, 0.1) is 11.7 Å². The minimum atomic E-state index is -0.444. The Morgan fingerprint density at radius 3 is 2.89 bits per heavy atom. The molecule has 1 aliphatic rings. The van der Waals surface area contributed by atoms with Crippen molar-refractivity contribution in [1.29, 1.82) is 0 Å². The Bertz CT molecular complexity index is 407. The highest BCUT2D eigenvalue weighted by Gasteiger charge is 2.22. The zero-order valence-electron chi connectivity index (χ0n) is 10.2. The Kier molecular flexibility index (Phi) is 4.25. The van der Waals surface area contributed by atoms with E-state index in [4.69, 9.17) is 5.73 Å². The molecule has 0 saturated heterocycles. The van der Waals surface area contributed by atoms with Gasteiger partial charge in [0, 0.05) is 12.6 Å². The minimum absolute atomic E-state index is 0.167. The van der Waals surface area contributed by atoms with Crippen molar-refractivity contribution in [2.75, 3.05) is 6.54 Å². The SMILES string of the molecule is NC1CCCCC1CNC(=O)c1ccc(F)cn1. The third kappa shape index (κ3) is 3.26. The van der Waals surface area contributed by atoms with Crippen LogP contribution < -0.4 is 11.1 Å². The van der Waals surface area contributed by atoms with Gasteiger partial charge in [-0.15, -0.1) is 0 Å². The summed E-state index contributed by atoms with van der Waals surface area (Å²) in [5.74, 6) is -0.378. The largest absolute Gasteiger partial charge is 0.350 e. The maximum Gasteiger partial charge on any atom is 0.269 e. The molecule has 0 spiro atoms. The van der Waals surface area contributed by atoms with Crippen molar-refractivity contribution in [3.05, 3.63) is 29.8 Å². The summed E-state index contributed by atoms with van der Waals surface area (Å²) < 4.78 is 12.7. The summed E-state index contributed by atoms with van der Waals surface area (Å²) in [4.78, 5) is 15.5. The van der Waals surface area contributed by atoms with Crippen LogP contribution in [0.4, 0.5) is 4.39 Å². The van der Waals surface area contributed by atoms with Gasteiger partial charge in [-0.05, 0) is 30.9 Å².